The van der Waals surface area contributed by atoms with Crippen molar-refractivity contribution in [2.45, 2.75) is 0 Å². The quantitative estimate of drug-likeness (QED) is 0.878. The Morgan fingerprint density at radius 1 is 0.833 bits per heavy atom. The first kappa shape index (κ1) is 12.5. The molecule has 0 saturated heterocycles. The van der Waals surface area contributed by atoms with Crippen LogP contribution in [0.4, 0.5) is 0 Å². The molecule has 0 aliphatic carbocycles. The van der Waals surface area contributed by atoms with Gasteiger partial charge in [0.05, 0.1) is 7.11 Å². The molecule has 0 aliphatic heterocycles. The molecule has 0 spiro atoms. The molecule has 0 amide bonds. The molecule has 2 N–H and O–H groups in total. The molecule has 18 heavy (non-hydrogen) atoms. The first-order valence-electron chi connectivity index (χ1n) is 5.91. The Balaban J connectivity index is 2.12. The van der Waals surface area contributed by atoms with Gasteiger partial charge in [-0.15, -0.1) is 0 Å². The zero-order valence-corrected chi connectivity index (χ0v) is 10.4. The van der Waals surface area contributed by atoms with Crippen molar-refractivity contribution in [2.24, 2.45) is 5.73 Å². The molecular weight excluding hydrogens is 226 g/mol. The van der Waals surface area contributed by atoms with Crippen molar-refractivity contribution in [1.82, 2.24) is 0 Å². The average molecular weight is 243 g/mol. The van der Waals surface area contributed by atoms with Crippen molar-refractivity contribution >= 4 is 0 Å². The molecule has 3 nitrogen and oxygen atoms in total. The third kappa shape index (κ3) is 3.02. The van der Waals surface area contributed by atoms with Crippen LogP contribution in [0.25, 0.3) is 11.1 Å². The van der Waals surface area contributed by atoms with E-state index in [2.05, 4.69) is 0 Å². The molecule has 2 aromatic carbocycles. The van der Waals surface area contributed by atoms with Crippen molar-refractivity contribution in [3.05, 3.63) is 48.5 Å². The molecule has 3 heteroatoms. The Hall–Kier alpha value is -2.00. The Morgan fingerprint density at radius 2 is 1.33 bits per heavy atom. The van der Waals surface area contributed by atoms with Gasteiger partial charge in [0.1, 0.15) is 18.1 Å². The minimum absolute atomic E-state index is 0.528. The van der Waals surface area contributed by atoms with Crippen LogP contribution in [0.5, 0.6) is 11.5 Å². The van der Waals surface area contributed by atoms with Gasteiger partial charge in [-0.2, -0.15) is 0 Å². The predicted molar refractivity (Wildman–Crippen MR) is 73.0 cm³/mol. The molecule has 0 unspecified atom stereocenters. The van der Waals surface area contributed by atoms with Gasteiger partial charge in [0, 0.05) is 6.54 Å². The van der Waals surface area contributed by atoms with Crippen molar-refractivity contribution < 1.29 is 9.47 Å². The molecule has 2 aromatic rings. The summed E-state index contributed by atoms with van der Waals surface area (Å²) in [4.78, 5) is 0. The van der Waals surface area contributed by atoms with Crippen molar-refractivity contribution in [1.29, 1.82) is 0 Å². The van der Waals surface area contributed by atoms with Crippen LogP contribution in [0.3, 0.4) is 0 Å². The van der Waals surface area contributed by atoms with Gasteiger partial charge in [-0.25, -0.2) is 0 Å². The number of nitrogens with two attached hydrogens (primary N) is 1. The number of hydrogen-bond acceptors (Lipinski definition) is 3. The summed E-state index contributed by atoms with van der Waals surface area (Å²) in [5, 5.41) is 0. The summed E-state index contributed by atoms with van der Waals surface area (Å²) in [5.41, 5.74) is 7.69. The van der Waals surface area contributed by atoms with Crippen molar-refractivity contribution in [2.75, 3.05) is 20.3 Å². The smallest absolute Gasteiger partial charge is 0.119 e. The van der Waals surface area contributed by atoms with E-state index in [0.29, 0.717) is 13.2 Å². The molecule has 0 saturated carbocycles. The van der Waals surface area contributed by atoms with Gasteiger partial charge < -0.3 is 15.2 Å². The summed E-state index contributed by atoms with van der Waals surface area (Å²) >= 11 is 0. The summed E-state index contributed by atoms with van der Waals surface area (Å²) in [6, 6.07) is 16.0. The van der Waals surface area contributed by atoms with Crippen LogP contribution in [0.15, 0.2) is 48.5 Å². The van der Waals surface area contributed by atoms with Crippen LogP contribution in [-0.2, 0) is 0 Å². The SMILES string of the molecule is COc1ccc(-c2ccc(OCCN)cc2)cc1. The van der Waals surface area contributed by atoms with E-state index in [1.165, 1.54) is 0 Å². The third-order valence-corrected chi connectivity index (χ3v) is 2.66. The lowest BCUT2D eigenvalue weighted by molar-refractivity contribution is 0.328. The lowest BCUT2D eigenvalue weighted by Crippen LogP contribution is -2.10. The highest BCUT2D eigenvalue weighted by Crippen LogP contribution is 2.24. The van der Waals surface area contributed by atoms with Gasteiger partial charge in [-0.3, -0.25) is 0 Å². The molecule has 94 valence electrons. The average Bonchev–Trinajstić information content (AvgIpc) is 2.46. The number of ether oxygens (including phenoxy) is 2. The van der Waals surface area contributed by atoms with Gasteiger partial charge in [0.25, 0.3) is 0 Å². The summed E-state index contributed by atoms with van der Waals surface area (Å²) in [6.07, 6.45) is 0. The van der Waals surface area contributed by atoms with E-state index in [1.54, 1.807) is 7.11 Å². The Labute approximate surface area is 107 Å². The van der Waals surface area contributed by atoms with Gasteiger partial charge >= 0.3 is 0 Å². The lowest BCUT2D eigenvalue weighted by atomic mass is 10.1. The van der Waals surface area contributed by atoms with E-state index < -0.39 is 0 Å². The third-order valence-electron chi connectivity index (χ3n) is 2.66. The van der Waals surface area contributed by atoms with E-state index in [4.69, 9.17) is 15.2 Å². The summed E-state index contributed by atoms with van der Waals surface area (Å²) in [6.45, 7) is 1.07. The summed E-state index contributed by atoms with van der Waals surface area (Å²) < 4.78 is 10.6. The first-order valence-corrected chi connectivity index (χ1v) is 5.91. The highest BCUT2D eigenvalue weighted by atomic mass is 16.5. The van der Waals surface area contributed by atoms with Crippen LogP contribution >= 0.6 is 0 Å². The van der Waals surface area contributed by atoms with Crippen LogP contribution in [0, 0.1) is 0 Å². The van der Waals surface area contributed by atoms with Crippen LogP contribution < -0.4 is 15.2 Å². The van der Waals surface area contributed by atoms with Gasteiger partial charge in [-0.1, -0.05) is 24.3 Å². The lowest BCUT2D eigenvalue weighted by Gasteiger charge is -2.07. The second kappa shape index (κ2) is 6.07. The Bertz CT molecular complexity index is 477. The predicted octanol–water partition coefficient (Wildman–Crippen LogP) is 2.70. The molecular formula is C15H17NO2. The van der Waals surface area contributed by atoms with Crippen LogP contribution in [0.2, 0.25) is 0 Å². The van der Waals surface area contributed by atoms with Crippen molar-refractivity contribution in [3.63, 3.8) is 0 Å². The van der Waals surface area contributed by atoms with Gasteiger partial charge in [0.2, 0.25) is 0 Å². The fourth-order valence-electron chi connectivity index (χ4n) is 1.70. The Kier molecular flexibility index (Phi) is 4.20. The maximum atomic E-state index is 5.44. The number of methoxy groups -OCH3 is 1. The summed E-state index contributed by atoms with van der Waals surface area (Å²) in [5.74, 6) is 1.71. The highest BCUT2D eigenvalue weighted by Gasteiger charge is 1.99. The normalized spacial score (nSPS) is 10.1. The van der Waals surface area contributed by atoms with E-state index in [-0.39, 0.29) is 0 Å². The molecule has 0 radical (unpaired) electrons. The molecule has 0 bridgehead atoms. The highest BCUT2D eigenvalue weighted by molar-refractivity contribution is 5.64. The van der Waals surface area contributed by atoms with E-state index in [0.717, 1.165) is 22.6 Å². The minimum Gasteiger partial charge on any atom is -0.497 e. The second-order valence-electron chi connectivity index (χ2n) is 3.89. The number of rotatable bonds is 5. The minimum atomic E-state index is 0.528. The Morgan fingerprint density at radius 3 is 1.78 bits per heavy atom. The molecule has 0 aliphatic rings. The maximum absolute atomic E-state index is 5.44. The van der Waals surface area contributed by atoms with E-state index >= 15 is 0 Å². The molecule has 0 atom stereocenters. The zero-order valence-electron chi connectivity index (χ0n) is 10.4. The second-order valence-corrected chi connectivity index (χ2v) is 3.89. The topological polar surface area (TPSA) is 44.5 Å². The van der Waals surface area contributed by atoms with Gasteiger partial charge in [-0.05, 0) is 35.4 Å². The van der Waals surface area contributed by atoms with Gasteiger partial charge in [0.15, 0.2) is 0 Å². The van der Waals surface area contributed by atoms with Crippen molar-refractivity contribution in [3.8, 4) is 22.6 Å². The van der Waals surface area contributed by atoms with Crippen LogP contribution in [0.1, 0.15) is 0 Å². The number of hydrogen-bond donors (Lipinski definition) is 1. The molecule has 0 heterocycles. The molecule has 2 rings (SSSR count). The molecule has 0 fully saturated rings. The largest absolute Gasteiger partial charge is 0.497 e. The standard InChI is InChI=1S/C15H17NO2/c1-17-14-6-2-12(3-7-14)13-4-8-15(9-5-13)18-11-10-16/h2-9H,10-11,16H2,1H3. The fourth-order valence-corrected chi connectivity index (χ4v) is 1.70. The molecule has 0 aromatic heterocycles. The number of benzene rings is 2. The summed E-state index contributed by atoms with van der Waals surface area (Å²) in [7, 11) is 1.67. The monoisotopic (exact) mass is 243 g/mol. The van der Waals surface area contributed by atoms with Crippen LogP contribution in [-0.4, -0.2) is 20.3 Å². The zero-order chi connectivity index (χ0) is 12.8. The first-order chi connectivity index (χ1) is 8.83. The maximum Gasteiger partial charge on any atom is 0.119 e. The van der Waals surface area contributed by atoms with E-state index in [1.807, 2.05) is 48.5 Å². The van der Waals surface area contributed by atoms with E-state index in [9.17, 15) is 0 Å². The fraction of sp³-hybridized carbons (Fsp3) is 0.200.